The molecular formula is C15H21N3. The standard InChI is InChI=1S/C15H21N3/c16-13-14-6-5-7-15(12-14)17-8-1-2-9-18-10-3-4-11-18/h5-7,12,17H,1-4,8-11H2. The van der Waals surface area contributed by atoms with Crippen LogP contribution in [-0.4, -0.2) is 31.1 Å². The number of rotatable bonds is 6. The van der Waals surface area contributed by atoms with E-state index in [9.17, 15) is 0 Å². The Labute approximate surface area is 109 Å². The van der Waals surface area contributed by atoms with Crippen molar-refractivity contribution in [1.29, 1.82) is 5.26 Å². The highest BCUT2D eigenvalue weighted by Crippen LogP contribution is 2.11. The molecule has 0 aromatic heterocycles. The summed E-state index contributed by atoms with van der Waals surface area (Å²) in [6.45, 7) is 4.80. The molecule has 0 saturated carbocycles. The lowest BCUT2D eigenvalue weighted by molar-refractivity contribution is 0.331. The highest BCUT2D eigenvalue weighted by molar-refractivity contribution is 5.48. The first-order valence-corrected chi connectivity index (χ1v) is 6.85. The molecule has 1 saturated heterocycles. The van der Waals surface area contributed by atoms with E-state index in [-0.39, 0.29) is 0 Å². The molecule has 3 nitrogen and oxygen atoms in total. The monoisotopic (exact) mass is 243 g/mol. The minimum absolute atomic E-state index is 0.720. The van der Waals surface area contributed by atoms with Crippen LogP contribution in [0.4, 0.5) is 5.69 Å². The summed E-state index contributed by atoms with van der Waals surface area (Å²) in [5, 5.41) is 12.2. The van der Waals surface area contributed by atoms with Gasteiger partial charge in [-0.05, 0) is 63.5 Å². The SMILES string of the molecule is N#Cc1cccc(NCCCCN2CCCC2)c1. The summed E-state index contributed by atoms with van der Waals surface area (Å²) in [5.74, 6) is 0. The van der Waals surface area contributed by atoms with Crippen molar-refractivity contribution in [1.82, 2.24) is 4.90 Å². The number of benzene rings is 1. The van der Waals surface area contributed by atoms with Crippen LogP contribution >= 0.6 is 0 Å². The predicted octanol–water partition coefficient (Wildman–Crippen LogP) is 2.85. The number of unbranched alkanes of at least 4 members (excludes halogenated alkanes) is 1. The topological polar surface area (TPSA) is 39.1 Å². The predicted molar refractivity (Wildman–Crippen MR) is 74.6 cm³/mol. The third-order valence-electron chi connectivity index (χ3n) is 3.42. The van der Waals surface area contributed by atoms with Crippen LogP contribution in [0.25, 0.3) is 0 Å². The van der Waals surface area contributed by atoms with E-state index in [1.165, 1.54) is 45.3 Å². The maximum atomic E-state index is 8.81. The van der Waals surface area contributed by atoms with Gasteiger partial charge in [0.05, 0.1) is 11.6 Å². The third-order valence-corrected chi connectivity index (χ3v) is 3.42. The van der Waals surface area contributed by atoms with Crippen LogP contribution in [0.1, 0.15) is 31.2 Å². The fourth-order valence-electron chi connectivity index (χ4n) is 2.40. The van der Waals surface area contributed by atoms with Crippen molar-refractivity contribution in [2.75, 3.05) is 31.5 Å². The Morgan fingerprint density at radius 3 is 2.83 bits per heavy atom. The summed E-state index contributed by atoms with van der Waals surface area (Å²) in [7, 11) is 0. The molecule has 1 N–H and O–H groups in total. The lowest BCUT2D eigenvalue weighted by Crippen LogP contribution is -2.20. The van der Waals surface area contributed by atoms with Crippen molar-refractivity contribution in [3.63, 3.8) is 0 Å². The second kappa shape index (κ2) is 7.03. The minimum Gasteiger partial charge on any atom is -0.385 e. The molecule has 0 spiro atoms. The molecule has 0 unspecified atom stereocenters. The van der Waals surface area contributed by atoms with Crippen molar-refractivity contribution in [2.24, 2.45) is 0 Å². The Morgan fingerprint density at radius 1 is 1.22 bits per heavy atom. The molecule has 1 aromatic rings. The number of likely N-dealkylation sites (tertiary alicyclic amines) is 1. The van der Waals surface area contributed by atoms with Gasteiger partial charge in [-0.25, -0.2) is 0 Å². The number of nitrogens with one attached hydrogen (secondary N) is 1. The van der Waals surface area contributed by atoms with Gasteiger partial charge in [-0.1, -0.05) is 6.07 Å². The largest absolute Gasteiger partial charge is 0.385 e. The quantitative estimate of drug-likeness (QED) is 0.781. The van der Waals surface area contributed by atoms with Crippen molar-refractivity contribution in [3.8, 4) is 6.07 Å². The maximum Gasteiger partial charge on any atom is 0.0992 e. The van der Waals surface area contributed by atoms with Gasteiger partial charge in [-0.2, -0.15) is 5.26 Å². The van der Waals surface area contributed by atoms with Gasteiger partial charge in [-0.3, -0.25) is 0 Å². The van der Waals surface area contributed by atoms with E-state index in [4.69, 9.17) is 5.26 Å². The van der Waals surface area contributed by atoms with E-state index in [0.29, 0.717) is 0 Å². The smallest absolute Gasteiger partial charge is 0.0992 e. The molecule has 0 atom stereocenters. The summed E-state index contributed by atoms with van der Waals surface area (Å²) in [6, 6.07) is 9.83. The zero-order valence-corrected chi connectivity index (χ0v) is 10.9. The van der Waals surface area contributed by atoms with E-state index < -0.39 is 0 Å². The average Bonchev–Trinajstić information content (AvgIpc) is 2.92. The molecule has 2 rings (SSSR count). The normalized spacial score (nSPS) is 15.5. The van der Waals surface area contributed by atoms with Gasteiger partial charge in [0.1, 0.15) is 0 Å². The summed E-state index contributed by atoms with van der Waals surface area (Å²) in [6.07, 6.45) is 5.19. The fraction of sp³-hybridized carbons (Fsp3) is 0.533. The number of anilines is 1. The Morgan fingerprint density at radius 2 is 2.06 bits per heavy atom. The van der Waals surface area contributed by atoms with Crippen molar-refractivity contribution in [2.45, 2.75) is 25.7 Å². The fourth-order valence-corrected chi connectivity index (χ4v) is 2.40. The van der Waals surface area contributed by atoms with Crippen molar-refractivity contribution < 1.29 is 0 Å². The van der Waals surface area contributed by atoms with E-state index in [1.54, 1.807) is 0 Å². The second-order valence-electron chi connectivity index (χ2n) is 4.88. The number of hydrogen-bond acceptors (Lipinski definition) is 3. The lowest BCUT2D eigenvalue weighted by atomic mass is 10.2. The molecule has 1 aliphatic heterocycles. The highest BCUT2D eigenvalue weighted by atomic mass is 15.1. The van der Waals surface area contributed by atoms with Gasteiger partial charge in [0.25, 0.3) is 0 Å². The molecule has 1 fully saturated rings. The minimum atomic E-state index is 0.720. The zero-order valence-electron chi connectivity index (χ0n) is 10.9. The summed E-state index contributed by atoms with van der Waals surface area (Å²) in [5.41, 5.74) is 1.77. The van der Waals surface area contributed by atoms with Gasteiger partial charge in [0, 0.05) is 12.2 Å². The van der Waals surface area contributed by atoms with Crippen molar-refractivity contribution in [3.05, 3.63) is 29.8 Å². The Hall–Kier alpha value is -1.53. The first kappa shape index (κ1) is 12.9. The third kappa shape index (κ3) is 4.05. The Balaban J connectivity index is 1.61. The first-order chi connectivity index (χ1) is 8.88. The van der Waals surface area contributed by atoms with Crippen LogP contribution in [0.3, 0.4) is 0 Å². The van der Waals surface area contributed by atoms with Crippen molar-refractivity contribution >= 4 is 5.69 Å². The van der Waals surface area contributed by atoms with Gasteiger partial charge in [0.2, 0.25) is 0 Å². The Bertz CT molecular complexity index is 402. The maximum absolute atomic E-state index is 8.81. The van der Waals surface area contributed by atoms with E-state index in [0.717, 1.165) is 17.8 Å². The van der Waals surface area contributed by atoms with Gasteiger partial charge in [0.15, 0.2) is 0 Å². The van der Waals surface area contributed by atoms with Crippen LogP contribution < -0.4 is 5.32 Å². The van der Waals surface area contributed by atoms with Crippen LogP contribution in [0.15, 0.2) is 24.3 Å². The van der Waals surface area contributed by atoms with Gasteiger partial charge < -0.3 is 10.2 Å². The van der Waals surface area contributed by atoms with Crippen LogP contribution in [0, 0.1) is 11.3 Å². The van der Waals surface area contributed by atoms with Crippen LogP contribution in [0.2, 0.25) is 0 Å². The van der Waals surface area contributed by atoms with Gasteiger partial charge in [-0.15, -0.1) is 0 Å². The molecule has 0 amide bonds. The molecule has 1 aliphatic rings. The summed E-state index contributed by atoms with van der Waals surface area (Å²) < 4.78 is 0. The molecule has 0 bridgehead atoms. The van der Waals surface area contributed by atoms with E-state index >= 15 is 0 Å². The molecule has 18 heavy (non-hydrogen) atoms. The number of nitriles is 1. The zero-order chi connectivity index (χ0) is 12.6. The second-order valence-corrected chi connectivity index (χ2v) is 4.88. The molecule has 1 aromatic carbocycles. The highest BCUT2D eigenvalue weighted by Gasteiger charge is 2.09. The molecule has 96 valence electrons. The first-order valence-electron chi connectivity index (χ1n) is 6.85. The molecule has 3 heteroatoms. The average molecular weight is 243 g/mol. The Kier molecular flexibility index (Phi) is 5.04. The summed E-state index contributed by atoms with van der Waals surface area (Å²) in [4.78, 5) is 2.55. The van der Waals surface area contributed by atoms with Crippen LogP contribution in [-0.2, 0) is 0 Å². The molecule has 0 radical (unpaired) electrons. The molecule has 0 aliphatic carbocycles. The molecule has 1 heterocycles. The van der Waals surface area contributed by atoms with E-state index in [1.807, 2.05) is 24.3 Å². The number of hydrogen-bond donors (Lipinski definition) is 1. The van der Waals surface area contributed by atoms with Crippen LogP contribution in [0.5, 0.6) is 0 Å². The molecular weight excluding hydrogens is 222 g/mol. The number of nitrogens with zero attached hydrogens (tertiary/aromatic N) is 2. The van der Waals surface area contributed by atoms with Gasteiger partial charge >= 0.3 is 0 Å². The lowest BCUT2D eigenvalue weighted by Gasteiger charge is -2.14. The summed E-state index contributed by atoms with van der Waals surface area (Å²) >= 11 is 0. The van der Waals surface area contributed by atoms with E-state index in [2.05, 4.69) is 16.3 Å².